The van der Waals surface area contributed by atoms with E-state index in [-0.39, 0.29) is 6.04 Å². The number of hydrogen-bond donors (Lipinski definition) is 1. The fourth-order valence-corrected chi connectivity index (χ4v) is 2.68. The minimum atomic E-state index is 0.200. The van der Waals surface area contributed by atoms with Gasteiger partial charge in [-0.05, 0) is 58.1 Å². The molecule has 0 saturated heterocycles. The second kappa shape index (κ2) is 7.55. The van der Waals surface area contributed by atoms with Crippen molar-refractivity contribution in [3.63, 3.8) is 0 Å². The van der Waals surface area contributed by atoms with Gasteiger partial charge in [-0.2, -0.15) is 0 Å². The smallest absolute Gasteiger partial charge is 0.0592 e. The van der Waals surface area contributed by atoms with E-state index in [1.54, 1.807) is 0 Å². The monoisotopic (exact) mass is 332 g/mol. The lowest BCUT2D eigenvalue weighted by atomic mass is 9.97. The molecule has 0 amide bonds. The molecule has 1 aromatic heterocycles. The molecule has 0 saturated carbocycles. The summed E-state index contributed by atoms with van der Waals surface area (Å²) in [5, 5.41) is 3.62. The zero-order valence-corrected chi connectivity index (χ0v) is 13.7. The van der Waals surface area contributed by atoms with E-state index in [1.807, 2.05) is 12.4 Å². The van der Waals surface area contributed by atoms with E-state index in [0.29, 0.717) is 0 Å². The molecule has 1 unspecified atom stereocenters. The van der Waals surface area contributed by atoms with Crippen molar-refractivity contribution in [2.45, 2.75) is 32.7 Å². The van der Waals surface area contributed by atoms with E-state index in [9.17, 15) is 0 Å². The lowest BCUT2D eigenvalue weighted by Crippen LogP contribution is -2.23. The number of aromatic nitrogens is 1. The van der Waals surface area contributed by atoms with E-state index in [0.717, 1.165) is 23.9 Å². The van der Waals surface area contributed by atoms with Gasteiger partial charge in [0.2, 0.25) is 0 Å². The summed E-state index contributed by atoms with van der Waals surface area (Å²) in [7, 11) is 0. The Bertz CT molecular complexity index is 554. The summed E-state index contributed by atoms with van der Waals surface area (Å²) in [4.78, 5) is 4.29. The average Bonchev–Trinajstić information content (AvgIpc) is 2.48. The van der Waals surface area contributed by atoms with Gasteiger partial charge in [0.05, 0.1) is 6.04 Å². The van der Waals surface area contributed by atoms with Crippen LogP contribution in [0.15, 0.2) is 47.2 Å². The molecule has 2 rings (SSSR count). The summed E-state index contributed by atoms with van der Waals surface area (Å²) in [6, 6.07) is 11.1. The van der Waals surface area contributed by atoms with Gasteiger partial charge in [0.25, 0.3) is 0 Å². The van der Waals surface area contributed by atoms with E-state index in [2.05, 4.69) is 70.4 Å². The van der Waals surface area contributed by atoms with Crippen molar-refractivity contribution in [2.24, 2.45) is 0 Å². The minimum absolute atomic E-state index is 0.200. The van der Waals surface area contributed by atoms with Gasteiger partial charge in [-0.1, -0.05) is 38.1 Å². The molecule has 1 atom stereocenters. The lowest BCUT2D eigenvalue weighted by Gasteiger charge is -2.20. The van der Waals surface area contributed by atoms with Crippen LogP contribution in [0.1, 0.15) is 43.0 Å². The topological polar surface area (TPSA) is 24.9 Å². The molecular formula is C17H21BrN2. The molecule has 0 fully saturated rings. The van der Waals surface area contributed by atoms with Crippen LogP contribution in [0.3, 0.4) is 0 Å². The van der Waals surface area contributed by atoms with Crippen LogP contribution in [-0.4, -0.2) is 11.5 Å². The molecule has 20 heavy (non-hydrogen) atoms. The lowest BCUT2D eigenvalue weighted by molar-refractivity contribution is 0.596. The maximum Gasteiger partial charge on any atom is 0.0592 e. The van der Waals surface area contributed by atoms with Crippen LogP contribution in [0.5, 0.6) is 0 Å². The number of pyridine rings is 1. The van der Waals surface area contributed by atoms with Crippen molar-refractivity contribution >= 4 is 15.9 Å². The molecule has 0 spiro atoms. The fraction of sp³-hybridized carbons (Fsp3) is 0.353. The van der Waals surface area contributed by atoms with Crippen molar-refractivity contribution in [1.29, 1.82) is 0 Å². The van der Waals surface area contributed by atoms with Gasteiger partial charge in [0.15, 0.2) is 0 Å². The molecule has 3 heteroatoms. The zero-order chi connectivity index (χ0) is 14.4. The maximum atomic E-state index is 4.29. The highest BCUT2D eigenvalue weighted by atomic mass is 79.9. The Hall–Kier alpha value is -1.19. The van der Waals surface area contributed by atoms with Crippen molar-refractivity contribution in [2.75, 3.05) is 6.54 Å². The molecule has 2 aromatic rings. The second-order valence-corrected chi connectivity index (χ2v) is 5.84. The van der Waals surface area contributed by atoms with Crippen molar-refractivity contribution in [3.8, 4) is 0 Å². The Labute approximate surface area is 129 Å². The fourth-order valence-electron chi connectivity index (χ4n) is 2.30. The van der Waals surface area contributed by atoms with E-state index < -0.39 is 0 Å². The van der Waals surface area contributed by atoms with Gasteiger partial charge in [0.1, 0.15) is 0 Å². The van der Waals surface area contributed by atoms with Crippen molar-refractivity contribution in [3.05, 3.63) is 63.9 Å². The van der Waals surface area contributed by atoms with Crippen LogP contribution in [0, 0.1) is 0 Å². The third kappa shape index (κ3) is 3.90. The van der Waals surface area contributed by atoms with Gasteiger partial charge in [-0.3, -0.25) is 4.98 Å². The molecule has 0 bridgehead atoms. The number of benzene rings is 1. The second-order valence-electron chi connectivity index (χ2n) is 4.92. The molecule has 1 N–H and O–H groups in total. The van der Waals surface area contributed by atoms with Gasteiger partial charge in [0, 0.05) is 16.9 Å². The summed E-state index contributed by atoms with van der Waals surface area (Å²) in [6.07, 6.45) is 5.94. The number of halogens is 1. The normalized spacial score (nSPS) is 12.3. The first-order chi connectivity index (χ1) is 9.74. The summed E-state index contributed by atoms with van der Waals surface area (Å²) >= 11 is 3.51. The first-order valence-corrected chi connectivity index (χ1v) is 7.96. The highest BCUT2D eigenvalue weighted by molar-refractivity contribution is 9.10. The van der Waals surface area contributed by atoms with Gasteiger partial charge in [-0.25, -0.2) is 0 Å². The van der Waals surface area contributed by atoms with Crippen LogP contribution < -0.4 is 5.32 Å². The molecule has 0 radical (unpaired) electrons. The quantitative estimate of drug-likeness (QED) is 0.842. The van der Waals surface area contributed by atoms with Crippen LogP contribution in [0.2, 0.25) is 0 Å². The molecule has 1 heterocycles. The Kier molecular flexibility index (Phi) is 5.74. The maximum absolute atomic E-state index is 4.29. The Morgan fingerprint density at radius 1 is 1.15 bits per heavy atom. The summed E-state index contributed by atoms with van der Waals surface area (Å²) in [5.74, 6) is 0. The van der Waals surface area contributed by atoms with E-state index >= 15 is 0 Å². The third-order valence-electron chi connectivity index (χ3n) is 3.35. The van der Waals surface area contributed by atoms with Crippen LogP contribution in [0.4, 0.5) is 0 Å². The highest BCUT2D eigenvalue weighted by Gasteiger charge is 2.14. The summed E-state index contributed by atoms with van der Waals surface area (Å²) in [5.41, 5.74) is 3.87. The minimum Gasteiger partial charge on any atom is -0.306 e. The predicted molar refractivity (Wildman–Crippen MR) is 87.9 cm³/mol. The molecule has 1 aromatic carbocycles. The predicted octanol–water partition coefficient (Wildman–Crippen LogP) is 4.50. The van der Waals surface area contributed by atoms with Crippen LogP contribution in [-0.2, 0) is 6.42 Å². The largest absolute Gasteiger partial charge is 0.306 e. The zero-order valence-electron chi connectivity index (χ0n) is 12.1. The summed E-state index contributed by atoms with van der Waals surface area (Å²) in [6.45, 7) is 5.37. The average molecular weight is 333 g/mol. The Morgan fingerprint density at radius 3 is 2.70 bits per heavy atom. The van der Waals surface area contributed by atoms with Gasteiger partial charge in [-0.15, -0.1) is 0 Å². The first-order valence-electron chi connectivity index (χ1n) is 7.17. The standard InChI is InChI=1S/C17H21BrN2/c1-3-8-20-17(15-10-16(18)12-19-11-15)14-7-5-6-13(4-2)9-14/h5-7,9-12,17,20H,3-4,8H2,1-2H3. The SMILES string of the molecule is CCCNC(c1cncc(Br)c1)c1cccc(CC)c1. The molecular weight excluding hydrogens is 312 g/mol. The summed E-state index contributed by atoms with van der Waals surface area (Å²) < 4.78 is 1.02. The number of hydrogen-bond acceptors (Lipinski definition) is 2. The van der Waals surface area contributed by atoms with Crippen LogP contribution in [0.25, 0.3) is 0 Å². The highest BCUT2D eigenvalue weighted by Crippen LogP contribution is 2.24. The molecule has 0 aliphatic rings. The number of nitrogens with zero attached hydrogens (tertiary/aromatic N) is 1. The van der Waals surface area contributed by atoms with E-state index in [4.69, 9.17) is 0 Å². The Morgan fingerprint density at radius 2 is 2.00 bits per heavy atom. The van der Waals surface area contributed by atoms with Gasteiger partial charge < -0.3 is 5.32 Å². The van der Waals surface area contributed by atoms with E-state index in [1.165, 1.54) is 16.7 Å². The van der Waals surface area contributed by atoms with Crippen molar-refractivity contribution < 1.29 is 0 Å². The number of nitrogens with one attached hydrogen (secondary N) is 1. The van der Waals surface area contributed by atoms with Crippen molar-refractivity contribution in [1.82, 2.24) is 10.3 Å². The Balaban J connectivity index is 2.35. The first kappa shape index (κ1) is 15.2. The molecule has 0 aliphatic carbocycles. The molecule has 106 valence electrons. The number of aryl methyl sites for hydroxylation is 1. The molecule has 0 aliphatic heterocycles. The van der Waals surface area contributed by atoms with Crippen LogP contribution >= 0.6 is 15.9 Å². The molecule has 2 nitrogen and oxygen atoms in total. The van der Waals surface area contributed by atoms with Gasteiger partial charge >= 0.3 is 0 Å². The number of rotatable bonds is 6. The third-order valence-corrected chi connectivity index (χ3v) is 3.78.